The molecule has 0 unspecified atom stereocenters. The molecule has 66 heavy (non-hydrogen) atoms. The number of nitrogens with zero attached hydrogens (tertiary/aromatic N) is 4. The third-order valence-electron chi connectivity index (χ3n) is 13.5. The first kappa shape index (κ1) is 57.6. The number of rotatable bonds is 36. The second-order valence-electron chi connectivity index (χ2n) is 19.4. The topological polar surface area (TPSA) is 13.0 Å². The van der Waals surface area contributed by atoms with E-state index in [1.807, 2.05) is 0 Å². The molecule has 4 nitrogen and oxygen atoms in total. The van der Waals surface area contributed by atoms with E-state index in [1.165, 1.54) is 199 Å². The van der Waals surface area contributed by atoms with Crippen LogP contribution in [0.3, 0.4) is 0 Å². The molecule has 0 atom stereocenters. The molecule has 0 N–H and O–H groups in total. The molecule has 0 aliphatic heterocycles. The number of hydrogen-bond donors (Lipinski definition) is 0. The second kappa shape index (κ2) is 33.7. The van der Waals surface area contributed by atoms with Crippen LogP contribution in [0.1, 0.15) is 204 Å². The van der Waals surface area contributed by atoms with Crippen LogP contribution in [0.4, 0.5) is 22.7 Å². The van der Waals surface area contributed by atoms with Crippen molar-refractivity contribution in [1.82, 2.24) is 0 Å². The van der Waals surface area contributed by atoms with Crippen LogP contribution in [-0.2, 0) is 0 Å². The van der Waals surface area contributed by atoms with Gasteiger partial charge in [0.15, 0.2) is 0 Å². The van der Waals surface area contributed by atoms with E-state index in [9.17, 15) is 0 Å². The van der Waals surface area contributed by atoms with Crippen LogP contribution in [0.5, 0.6) is 0 Å². The fourth-order valence-electron chi connectivity index (χ4n) is 9.49. The van der Waals surface area contributed by atoms with Crippen LogP contribution >= 0.6 is 7.87 Å². The van der Waals surface area contributed by atoms with Gasteiger partial charge in [-0.2, -0.15) is 18.7 Å². The molecular weight excluding hydrogens is 935 g/mol. The maximum Gasteiger partial charge on any atom is 0.405 e. The van der Waals surface area contributed by atoms with Gasteiger partial charge in [0, 0.05) is 0 Å². The Morgan fingerprint density at radius 1 is 0.258 bits per heavy atom. The molecule has 0 amide bonds. The van der Waals surface area contributed by atoms with E-state index in [-0.39, 0.29) is 24.0 Å². The first-order valence-corrected chi connectivity index (χ1v) is 28.7. The van der Waals surface area contributed by atoms with Gasteiger partial charge >= 0.3 is 7.87 Å². The van der Waals surface area contributed by atoms with Gasteiger partial charge in [-0.05, 0) is 102 Å². The second-order valence-corrected chi connectivity index (χ2v) is 22.4. The highest BCUT2D eigenvalue weighted by Crippen LogP contribution is 2.74. The summed E-state index contributed by atoms with van der Waals surface area (Å²) in [6.07, 6.45) is 30.7. The van der Waals surface area contributed by atoms with Crippen LogP contribution in [0.2, 0.25) is 0 Å². The molecule has 4 rings (SSSR count). The molecule has 0 saturated carbocycles. The molecule has 6 heteroatoms. The Labute approximate surface area is 425 Å². The van der Waals surface area contributed by atoms with Crippen molar-refractivity contribution < 1.29 is 24.0 Å². The predicted octanol–water partition coefficient (Wildman–Crippen LogP) is 16.4. The minimum atomic E-state index is -2.80. The van der Waals surface area contributed by atoms with Crippen molar-refractivity contribution in [3.05, 3.63) is 119 Å². The molecule has 0 spiro atoms. The summed E-state index contributed by atoms with van der Waals surface area (Å²) in [5.41, 5.74) is 10.7. The van der Waals surface area contributed by atoms with Crippen molar-refractivity contribution in [3.63, 3.8) is 0 Å². The van der Waals surface area contributed by atoms with Gasteiger partial charge in [0.05, 0.1) is 48.9 Å². The Bertz CT molecular complexity index is 1510. The van der Waals surface area contributed by atoms with E-state index in [2.05, 4.69) is 171 Å². The number of halogens is 1. The zero-order valence-electron chi connectivity index (χ0n) is 43.7. The van der Waals surface area contributed by atoms with E-state index in [0.717, 1.165) is 26.2 Å². The molecule has 0 aliphatic rings. The number of unbranched alkanes of at least 4 members (excludes halogenated alkanes) is 20. The van der Waals surface area contributed by atoms with Gasteiger partial charge in [-0.25, -0.2) is 0 Å². The van der Waals surface area contributed by atoms with E-state index in [1.54, 1.807) is 0 Å². The molecule has 4 aromatic carbocycles. The van der Waals surface area contributed by atoms with Crippen molar-refractivity contribution >= 4 is 30.6 Å². The summed E-state index contributed by atoms with van der Waals surface area (Å²) < 4.78 is 12.1. The zero-order chi connectivity index (χ0) is 46.5. The lowest BCUT2D eigenvalue weighted by Crippen LogP contribution is -3.00. The quantitative estimate of drug-likeness (QED) is 0.0256. The smallest absolute Gasteiger partial charge is 0.405 e. The summed E-state index contributed by atoms with van der Waals surface area (Å²) in [7, 11) is -2.80. The van der Waals surface area contributed by atoms with E-state index >= 15 is 0 Å². The average molecular weight is 1030 g/mol. The third-order valence-corrected chi connectivity index (χ3v) is 17.8. The SMILES string of the molecule is CCCCCCCCN(c1ccc(C)cc1)[P+](N(CCCCCCCC)c1ccc(C)cc1)(N(CCCCCCCC)c1ccc(C)cc1)N(CCCCCCCC)c1ccc(C)cc1.[I-]. The van der Waals surface area contributed by atoms with Gasteiger partial charge in [-0.15, -0.1) is 0 Å². The van der Waals surface area contributed by atoms with Crippen molar-refractivity contribution in [1.29, 1.82) is 0 Å². The van der Waals surface area contributed by atoms with Crippen LogP contribution in [0.25, 0.3) is 0 Å². The van der Waals surface area contributed by atoms with Crippen LogP contribution in [0.15, 0.2) is 97.1 Å². The summed E-state index contributed by atoms with van der Waals surface area (Å²) in [5.74, 6) is 0. The molecule has 0 saturated heterocycles. The molecular formula is C60H96IN4P. The van der Waals surface area contributed by atoms with E-state index in [4.69, 9.17) is 0 Å². The summed E-state index contributed by atoms with van der Waals surface area (Å²) in [6.45, 7) is 22.5. The van der Waals surface area contributed by atoms with Gasteiger partial charge in [-0.3, -0.25) is 0 Å². The fraction of sp³-hybridized carbons (Fsp3) is 0.600. The van der Waals surface area contributed by atoms with Crippen molar-refractivity contribution in [2.75, 3.05) is 44.9 Å². The molecule has 0 aliphatic carbocycles. The summed E-state index contributed by atoms with van der Waals surface area (Å²) >= 11 is 0. The minimum absolute atomic E-state index is 0. The summed E-state index contributed by atoms with van der Waals surface area (Å²) in [6, 6.07) is 38.9. The molecule has 4 aromatic rings. The maximum atomic E-state index is 3.02. The van der Waals surface area contributed by atoms with Crippen LogP contribution in [0, 0.1) is 27.7 Å². The lowest BCUT2D eigenvalue weighted by atomic mass is 10.1. The number of hydrogen-bond acceptors (Lipinski definition) is 4. The number of aryl methyl sites for hydroxylation is 4. The lowest BCUT2D eigenvalue weighted by Gasteiger charge is -2.53. The standard InChI is InChI=1S/C60H96N4P.HI/c1-9-13-17-21-25-29-49-61(57-41-33-53(5)34-42-57)65(62(50-30-26-22-18-14-10-2)58-43-35-54(6)36-44-58,63(51-31-27-23-19-15-11-3)59-45-37-55(7)38-46-59)64(52-32-28-24-20-16-12-4)60-47-39-56(8)40-48-60;/h33-48H,9-32,49-52H2,1-8H3;1H/q+1;/p-1. The number of benzene rings is 4. The first-order chi connectivity index (χ1) is 31.8. The van der Waals surface area contributed by atoms with Gasteiger partial charge in [-0.1, -0.05) is 227 Å². The Morgan fingerprint density at radius 3 is 0.606 bits per heavy atom. The first-order valence-electron chi connectivity index (χ1n) is 27.1. The maximum absolute atomic E-state index is 3.02. The largest absolute Gasteiger partial charge is 1.00 e. The zero-order valence-corrected chi connectivity index (χ0v) is 46.7. The van der Waals surface area contributed by atoms with E-state index < -0.39 is 7.87 Å². The highest BCUT2D eigenvalue weighted by molar-refractivity contribution is 7.81. The minimum Gasteiger partial charge on any atom is -1.00 e. The normalized spacial score (nSPS) is 11.4. The van der Waals surface area contributed by atoms with Crippen molar-refractivity contribution in [2.24, 2.45) is 0 Å². The van der Waals surface area contributed by atoms with Crippen LogP contribution in [-0.4, -0.2) is 26.2 Å². The van der Waals surface area contributed by atoms with Crippen molar-refractivity contribution in [2.45, 2.75) is 209 Å². The van der Waals surface area contributed by atoms with Gasteiger partial charge in [0.2, 0.25) is 0 Å². The molecule has 368 valence electrons. The number of anilines is 4. The predicted molar refractivity (Wildman–Crippen MR) is 295 cm³/mol. The van der Waals surface area contributed by atoms with Gasteiger partial charge in [0.1, 0.15) is 0 Å². The molecule has 0 aromatic heterocycles. The Kier molecular flexibility index (Phi) is 29.4. The molecule has 0 heterocycles. The van der Waals surface area contributed by atoms with Crippen molar-refractivity contribution in [3.8, 4) is 0 Å². The summed E-state index contributed by atoms with van der Waals surface area (Å²) in [5, 5.41) is 0. The third kappa shape index (κ3) is 18.6. The highest BCUT2D eigenvalue weighted by atomic mass is 127. The fourth-order valence-corrected chi connectivity index (χ4v) is 14.5. The summed E-state index contributed by atoms with van der Waals surface area (Å²) in [4.78, 5) is 0. The molecule has 0 bridgehead atoms. The molecule has 0 radical (unpaired) electrons. The molecule has 0 fully saturated rings. The Hall–Kier alpha value is -2.76. The average Bonchev–Trinajstić information content (AvgIpc) is 3.31. The Morgan fingerprint density at radius 2 is 0.424 bits per heavy atom. The van der Waals surface area contributed by atoms with Gasteiger partial charge in [0.25, 0.3) is 0 Å². The lowest BCUT2D eigenvalue weighted by molar-refractivity contribution is -0.0000139. The van der Waals surface area contributed by atoms with Crippen LogP contribution < -0.4 is 42.7 Å². The Balaban J connectivity index is 0.0000116. The highest BCUT2D eigenvalue weighted by Gasteiger charge is 2.63. The monoisotopic (exact) mass is 1030 g/mol. The van der Waals surface area contributed by atoms with Gasteiger partial charge < -0.3 is 24.0 Å². The van der Waals surface area contributed by atoms with E-state index in [0.29, 0.717) is 0 Å².